The van der Waals surface area contributed by atoms with Crippen LogP contribution in [0.25, 0.3) is 33.6 Å². The number of hydrogen-bond donors (Lipinski definition) is 2. The highest BCUT2D eigenvalue weighted by atomic mass is 16.5. The van der Waals surface area contributed by atoms with E-state index in [1.165, 1.54) is 4.79 Å². The lowest BCUT2D eigenvalue weighted by atomic mass is 10.2. The van der Waals surface area contributed by atoms with E-state index in [0.717, 1.165) is 42.8 Å². The molecule has 0 bridgehead atoms. The third kappa shape index (κ3) is 5.90. The highest BCUT2D eigenvalue weighted by Gasteiger charge is 2.21. The number of benzene rings is 3. The first-order valence-corrected chi connectivity index (χ1v) is 12.9. The second kappa shape index (κ2) is 11.2. The summed E-state index contributed by atoms with van der Waals surface area (Å²) < 4.78 is 11.7. The third-order valence-electron chi connectivity index (χ3n) is 6.71. The number of ether oxygens (including phenoxy) is 1. The lowest BCUT2D eigenvalue weighted by molar-refractivity contribution is -0.118. The SMILES string of the molecule is O=C(CN1CCN(C[C@@H](O)COc2ccc3oc(-c4ccccc4)nc3c2)CC1)Nn1nnc2ccccc21. The molecule has 0 saturated carbocycles. The van der Waals surface area contributed by atoms with Gasteiger partial charge in [0.15, 0.2) is 5.58 Å². The molecule has 2 aromatic heterocycles. The summed E-state index contributed by atoms with van der Waals surface area (Å²) in [5.41, 5.74) is 6.57. The normalized spacial score (nSPS) is 15.5. The van der Waals surface area contributed by atoms with Crippen molar-refractivity contribution in [3.63, 3.8) is 0 Å². The third-order valence-corrected chi connectivity index (χ3v) is 6.71. The number of piperazine rings is 1. The van der Waals surface area contributed by atoms with Crippen molar-refractivity contribution >= 4 is 28.0 Å². The Kier molecular flexibility index (Phi) is 7.17. The molecule has 5 aromatic rings. The smallest absolute Gasteiger partial charge is 0.254 e. The monoisotopic (exact) mass is 527 g/mol. The van der Waals surface area contributed by atoms with Gasteiger partial charge >= 0.3 is 0 Å². The number of β-amino-alcohol motifs (C(OH)–C–C–N with tert-alkyl or cyclic N) is 1. The number of carbonyl (C=O) groups excluding carboxylic acids is 1. The summed E-state index contributed by atoms with van der Waals surface area (Å²) in [7, 11) is 0. The van der Waals surface area contributed by atoms with Gasteiger partial charge in [-0.15, -0.1) is 5.10 Å². The van der Waals surface area contributed by atoms with E-state index in [1.807, 2.05) is 72.8 Å². The average Bonchev–Trinajstić information content (AvgIpc) is 3.57. The van der Waals surface area contributed by atoms with E-state index in [0.29, 0.717) is 29.3 Å². The van der Waals surface area contributed by atoms with Crippen LogP contribution in [0.2, 0.25) is 0 Å². The molecule has 1 aliphatic rings. The molecule has 200 valence electrons. The van der Waals surface area contributed by atoms with Crippen molar-refractivity contribution in [1.29, 1.82) is 0 Å². The quantitative estimate of drug-likeness (QED) is 0.297. The summed E-state index contributed by atoms with van der Waals surface area (Å²) in [6.45, 7) is 3.90. The summed E-state index contributed by atoms with van der Waals surface area (Å²) in [6.07, 6.45) is -0.645. The molecule has 1 aliphatic heterocycles. The van der Waals surface area contributed by atoms with E-state index in [2.05, 4.69) is 30.5 Å². The summed E-state index contributed by atoms with van der Waals surface area (Å²) in [6, 6.07) is 22.7. The molecule has 3 heterocycles. The Balaban J connectivity index is 0.943. The minimum Gasteiger partial charge on any atom is -0.491 e. The van der Waals surface area contributed by atoms with Gasteiger partial charge in [-0.3, -0.25) is 14.6 Å². The van der Waals surface area contributed by atoms with Crippen LogP contribution in [0, 0.1) is 0 Å². The predicted octanol–water partition coefficient (Wildman–Crippen LogP) is 2.37. The maximum absolute atomic E-state index is 12.5. The van der Waals surface area contributed by atoms with Crippen molar-refractivity contribution in [2.45, 2.75) is 6.10 Å². The molecular formula is C28H29N7O4. The van der Waals surface area contributed by atoms with Gasteiger partial charge < -0.3 is 14.3 Å². The van der Waals surface area contributed by atoms with Crippen LogP contribution in [0.1, 0.15) is 0 Å². The van der Waals surface area contributed by atoms with Gasteiger partial charge in [-0.2, -0.15) is 4.79 Å². The summed E-state index contributed by atoms with van der Waals surface area (Å²) >= 11 is 0. The number of carbonyl (C=O) groups is 1. The van der Waals surface area contributed by atoms with Gasteiger partial charge in [-0.1, -0.05) is 30.3 Å². The van der Waals surface area contributed by atoms with Crippen LogP contribution in [0.5, 0.6) is 5.75 Å². The number of nitrogens with one attached hydrogen (secondary N) is 1. The maximum atomic E-state index is 12.5. The largest absolute Gasteiger partial charge is 0.491 e. The first-order chi connectivity index (χ1) is 19.1. The summed E-state index contributed by atoms with van der Waals surface area (Å²) in [4.78, 5) is 22.8. The van der Waals surface area contributed by atoms with Gasteiger partial charge in [0, 0.05) is 44.4 Å². The Hall–Kier alpha value is -4.32. The molecule has 0 aliphatic carbocycles. The lowest BCUT2D eigenvalue weighted by Gasteiger charge is -2.35. The molecule has 2 N–H and O–H groups in total. The minimum absolute atomic E-state index is 0.146. The summed E-state index contributed by atoms with van der Waals surface area (Å²) in [5.74, 6) is 1.05. The molecule has 6 rings (SSSR count). The van der Waals surface area contributed by atoms with Gasteiger partial charge in [0.05, 0.1) is 6.54 Å². The molecule has 1 amide bonds. The van der Waals surface area contributed by atoms with Crippen LogP contribution in [-0.2, 0) is 4.79 Å². The fraction of sp³-hybridized carbons (Fsp3) is 0.286. The van der Waals surface area contributed by atoms with Gasteiger partial charge in [0.1, 0.15) is 35.0 Å². The van der Waals surface area contributed by atoms with Crippen LogP contribution in [0.3, 0.4) is 0 Å². The zero-order valence-corrected chi connectivity index (χ0v) is 21.3. The number of oxazole rings is 1. The number of amides is 1. The number of hydrogen-bond acceptors (Lipinski definition) is 9. The molecule has 1 atom stereocenters. The van der Waals surface area contributed by atoms with Crippen LogP contribution >= 0.6 is 0 Å². The van der Waals surface area contributed by atoms with E-state index in [4.69, 9.17) is 9.15 Å². The first kappa shape index (κ1) is 25.0. The molecule has 3 aromatic carbocycles. The van der Waals surface area contributed by atoms with E-state index >= 15 is 0 Å². The van der Waals surface area contributed by atoms with Crippen molar-refractivity contribution in [2.24, 2.45) is 0 Å². The highest BCUT2D eigenvalue weighted by molar-refractivity contribution is 5.87. The molecule has 11 nitrogen and oxygen atoms in total. The van der Waals surface area contributed by atoms with E-state index in [1.54, 1.807) is 0 Å². The van der Waals surface area contributed by atoms with Crippen LogP contribution in [0.4, 0.5) is 0 Å². The summed E-state index contributed by atoms with van der Waals surface area (Å²) in [5, 5.41) is 18.6. The van der Waals surface area contributed by atoms with Gasteiger partial charge in [0.25, 0.3) is 5.91 Å². The Morgan fingerprint density at radius 3 is 2.59 bits per heavy atom. The molecule has 1 fully saturated rings. The Morgan fingerprint density at radius 1 is 0.974 bits per heavy atom. The molecule has 1 saturated heterocycles. The van der Waals surface area contributed by atoms with Crippen molar-refractivity contribution in [2.75, 3.05) is 51.3 Å². The Bertz CT molecular complexity index is 1560. The topological polar surface area (TPSA) is 122 Å². The Morgan fingerprint density at radius 2 is 1.74 bits per heavy atom. The van der Waals surface area contributed by atoms with E-state index in [9.17, 15) is 9.90 Å². The van der Waals surface area contributed by atoms with E-state index < -0.39 is 6.10 Å². The number of aliphatic hydroxyl groups is 1. The number of aromatic nitrogens is 4. The standard InChI is InChI=1S/C28H29N7O4/c36-21(19-38-22-10-11-26-24(16-22)29-28(39-26)20-6-2-1-3-7-20)17-33-12-14-34(15-13-33)18-27(37)31-35-25-9-5-4-8-23(25)30-32-35/h1-11,16,21,36H,12-15,17-19H2,(H,31,37)/t21-/m1/s1. The van der Waals surface area contributed by atoms with Crippen LogP contribution < -0.4 is 10.2 Å². The minimum atomic E-state index is -0.645. The van der Waals surface area contributed by atoms with Crippen LogP contribution in [-0.4, -0.2) is 92.9 Å². The van der Waals surface area contributed by atoms with E-state index in [-0.39, 0.29) is 19.1 Å². The van der Waals surface area contributed by atoms with Crippen molar-refractivity contribution in [1.82, 2.24) is 29.9 Å². The second-order valence-corrected chi connectivity index (χ2v) is 9.58. The molecule has 39 heavy (non-hydrogen) atoms. The van der Waals surface area contributed by atoms with Gasteiger partial charge in [-0.05, 0) is 41.6 Å². The molecule has 0 spiro atoms. The lowest BCUT2D eigenvalue weighted by Crippen LogP contribution is -2.51. The predicted molar refractivity (Wildman–Crippen MR) is 146 cm³/mol. The highest BCUT2D eigenvalue weighted by Crippen LogP contribution is 2.27. The van der Waals surface area contributed by atoms with Crippen molar-refractivity contribution in [3.8, 4) is 17.2 Å². The number of para-hydroxylation sites is 1. The van der Waals surface area contributed by atoms with Crippen molar-refractivity contribution < 1.29 is 19.1 Å². The zero-order chi connectivity index (χ0) is 26.6. The van der Waals surface area contributed by atoms with Crippen molar-refractivity contribution in [3.05, 3.63) is 72.8 Å². The number of nitrogens with zero attached hydrogens (tertiary/aromatic N) is 6. The van der Waals surface area contributed by atoms with Gasteiger partial charge in [-0.25, -0.2) is 10.4 Å². The number of aliphatic hydroxyl groups excluding tert-OH is 1. The maximum Gasteiger partial charge on any atom is 0.254 e. The second-order valence-electron chi connectivity index (χ2n) is 9.58. The average molecular weight is 528 g/mol. The van der Waals surface area contributed by atoms with Crippen LogP contribution in [0.15, 0.2) is 77.2 Å². The number of rotatable bonds is 9. The Labute approximate surface area is 224 Å². The molecule has 0 unspecified atom stereocenters. The fourth-order valence-corrected chi connectivity index (χ4v) is 4.68. The first-order valence-electron chi connectivity index (χ1n) is 12.9. The molecule has 0 radical (unpaired) electrons. The molecule has 11 heteroatoms. The number of fused-ring (bicyclic) bond motifs is 2. The molecular weight excluding hydrogens is 498 g/mol. The zero-order valence-electron chi connectivity index (χ0n) is 21.3. The fourth-order valence-electron chi connectivity index (χ4n) is 4.68. The van der Waals surface area contributed by atoms with Gasteiger partial charge in [0.2, 0.25) is 5.89 Å².